The van der Waals surface area contributed by atoms with Crippen molar-refractivity contribution in [3.8, 4) is 0 Å². The summed E-state index contributed by atoms with van der Waals surface area (Å²) in [5, 5.41) is 10.2. The zero-order valence-electron chi connectivity index (χ0n) is 10.3. The standard InChI is InChI=1S/C10H17F3N2O3/c1-5(2)6(4-14)7(16)15-9(3,8(17)18)10(11,12)13/h5-6H,4,14H2,1-3H3,(H,15,16)(H,17,18). The van der Waals surface area contributed by atoms with Crippen LogP contribution in [-0.4, -0.2) is 35.2 Å². The molecule has 0 spiro atoms. The van der Waals surface area contributed by atoms with E-state index in [-0.39, 0.29) is 12.5 Å². The Kier molecular flexibility index (Phi) is 5.15. The maximum Gasteiger partial charge on any atom is 0.422 e. The predicted octanol–water partition coefficient (Wildman–Crippen LogP) is 0.739. The van der Waals surface area contributed by atoms with E-state index in [0.717, 1.165) is 0 Å². The molecule has 0 aliphatic carbocycles. The smallest absolute Gasteiger partial charge is 0.422 e. The van der Waals surface area contributed by atoms with Crippen molar-refractivity contribution in [2.24, 2.45) is 17.6 Å². The van der Waals surface area contributed by atoms with Gasteiger partial charge in [-0.3, -0.25) is 4.79 Å². The van der Waals surface area contributed by atoms with Crippen LogP contribution in [0.3, 0.4) is 0 Å². The van der Waals surface area contributed by atoms with Crippen LogP contribution in [0.15, 0.2) is 0 Å². The summed E-state index contributed by atoms with van der Waals surface area (Å²) in [6.45, 7) is 3.48. The molecule has 0 aromatic carbocycles. The van der Waals surface area contributed by atoms with Crippen LogP contribution in [-0.2, 0) is 9.59 Å². The topological polar surface area (TPSA) is 92.4 Å². The van der Waals surface area contributed by atoms with Gasteiger partial charge in [-0.1, -0.05) is 13.8 Å². The summed E-state index contributed by atoms with van der Waals surface area (Å²) < 4.78 is 38.0. The van der Waals surface area contributed by atoms with Crippen LogP contribution in [0, 0.1) is 11.8 Å². The monoisotopic (exact) mass is 270 g/mol. The van der Waals surface area contributed by atoms with Gasteiger partial charge in [0.15, 0.2) is 0 Å². The first-order chi connectivity index (χ1) is 7.97. The lowest BCUT2D eigenvalue weighted by Crippen LogP contribution is -2.63. The third kappa shape index (κ3) is 3.34. The molecule has 0 aliphatic heterocycles. The van der Waals surface area contributed by atoms with E-state index in [1.165, 1.54) is 5.32 Å². The molecule has 1 amide bonds. The Balaban J connectivity index is 5.15. The molecule has 0 aliphatic rings. The highest BCUT2D eigenvalue weighted by Crippen LogP contribution is 2.31. The number of carbonyl (C=O) groups excluding carboxylic acids is 1. The number of amides is 1. The fourth-order valence-corrected chi connectivity index (χ4v) is 1.27. The second-order valence-corrected chi connectivity index (χ2v) is 4.50. The van der Waals surface area contributed by atoms with Crippen LogP contribution in [0.5, 0.6) is 0 Å². The zero-order chi connectivity index (χ0) is 14.7. The average molecular weight is 270 g/mol. The molecule has 0 saturated carbocycles. The van der Waals surface area contributed by atoms with Crippen molar-refractivity contribution < 1.29 is 27.9 Å². The third-order valence-corrected chi connectivity index (χ3v) is 2.76. The van der Waals surface area contributed by atoms with E-state index in [1.54, 1.807) is 13.8 Å². The number of carboxylic acids is 1. The minimum atomic E-state index is -5.09. The Morgan fingerprint density at radius 1 is 1.33 bits per heavy atom. The Morgan fingerprint density at radius 2 is 1.78 bits per heavy atom. The number of hydrogen-bond donors (Lipinski definition) is 3. The second kappa shape index (κ2) is 5.55. The number of alkyl halides is 3. The summed E-state index contributed by atoms with van der Waals surface area (Å²) in [5.41, 5.74) is 1.98. The molecule has 106 valence electrons. The van der Waals surface area contributed by atoms with Crippen LogP contribution < -0.4 is 11.1 Å². The molecular weight excluding hydrogens is 253 g/mol. The van der Waals surface area contributed by atoms with Gasteiger partial charge in [0.05, 0.1) is 5.92 Å². The Morgan fingerprint density at radius 3 is 2.00 bits per heavy atom. The highest BCUT2D eigenvalue weighted by Gasteiger charge is 2.58. The molecule has 2 unspecified atom stereocenters. The van der Waals surface area contributed by atoms with Gasteiger partial charge < -0.3 is 16.2 Å². The van der Waals surface area contributed by atoms with E-state index < -0.39 is 29.5 Å². The van der Waals surface area contributed by atoms with Gasteiger partial charge >= 0.3 is 12.1 Å². The minimum absolute atomic E-state index is 0.156. The first-order valence-electron chi connectivity index (χ1n) is 5.29. The van der Waals surface area contributed by atoms with E-state index in [1.807, 2.05) is 0 Å². The van der Waals surface area contributed by atoms with Crippen molar-refractivity contribution in [1.29, 1.82) is 0 Å². The van der Waals surface area contributed by atoms with Crippen molar-refractivity contribution in [2.75, 3.05) is 6.54 Å². The number of rotatable bonds is 5. The molecule has 8 heteroatoms. The Bertz CT molecular complexity index is 331. The summed E-state index contributed by atoms with van der Waals surface area (Å²) in [7, 11) is 0. The molecule has 0 aromatic rings. The van der Waals surface area contributed by atoms with Gasteiger partial charge in [0, 0.05) is 6.54 Å². The summed E-state index contributed by atoms with van der Waals surface area (Å²) >= 11 is 0. The van der Waals surface area contributed by atoms with Gasteiger partial charge in [-0.2, -0.15) is 13.2 Å². The van der Waals surface area contributed by atoms with Crippen molar-refractivity contribution in [1.82, 2.24) is 5.32 Å². The third-order valence-electron chi connectivity index (χ3n) is 2.76. The molecule has 2 atom stereocenters. The van der Waals surface area contributed by atoms with Crippen molar-refractivity contribution in [2.45, 2.75) is 32.5 Å². The van der Waals surface area contributed by atoms with E-state index in [4.69, 9.17) is 10.8 Å². The largest absolute Gasteiger partial charge is 0.479 e. The SMILES string of the molecule is CC(C)C(CN)C(=O)NC(C)(C(=O)O)C(F)(F)F. The summed E-state index contributed by atoms with van der Waals surface area (Å²) in [6, 6.07) is 0. The van der Waals surface area contributed by atoms with Crippen LogP contribution in [0.1, 0.15) is 20.8 Å². The summed E-state index contributed by atoms with van der Waals surface area (Å²) in [4.78, 5) is 22.3. The number of aliphatic carboxylic acids is 1. The van der Waals surface area contributed by atoms with Crippen LogP contribution >= 0.6 is 0 Å². The maximum absolute atomic E-state index is 12.7. The molecular formula is C10H17F3N2O3. The fourth-order valence-electron chi connectivity index (χ4n) is 1.27. The van der Waals surface area contributed by atoms with Gasteiger partial charge in [-0.15, -0.1) is 0 Å². The zero-order valence-corrected chi connectivity index (χ0v) is 10.3. The number of carboxylic acid groups (broad SMARTS) is 1. The quantitative estimate of drug-likeness (QED) is 0.687. The van der Waals surface area contributed by atoms with Gasteiger partial charge in [0.2, 0.25) is 11.4 Å². The average Bonchev–Trinajstić information content (AvgIpc) is 2.15. The van der Waals surface area contributed by atoms with Gasteiger partial charge in [0.25, 0.3) is 0 Å². The van der Waals surface area contributed by atoms with Gasteiger partial charge in [-0.25, -0.2) is 4.79 Å². The Hall–Kier alpha value is -1.31. The van der Waals surface area contributed by atoms with Crippen LogP contribution in [0.25, 0.3) is 0 Å². The number of halogens is 3. The lowest BCUT2D eigenvalue weighted by atomic mass is 9.93. The van der Waals surface area contributed by atoms with E-state index in [9.17, 15) is 22.8 Å². The number of nitrogens with two attached hydrogens (primary N) is 1. The van der Waals surface area contributed by atoms with E-state index >= 15 is 0 Å². The van der Waals surface area contributed by atoms with Crippen molar-refractivity contribution >= 4 is 11.9 Å². The van der Waals surface area contributed by atoms with Crippen LogP contribution in [0.4, 0.5) is 13.2 Å². The van der Waals surface area contributed by atoms with E-state index in [0.29, 0.717) is 6.92 Å². The summed E-state index contributed by atoms with van der Waals surface area (Å²) in [6.07, 6.45) is -5.09. The fraction of sp³-hybridized carbons (Fsp3) is 0.800. The first-order valence-corrected chi connectivity index (χ1v) is 5.29. The molecule has 0 bridgehead atoms. The van der Waals surface area contributed by atoms with E-state index in [2.05, 4.69) is 0 Å². The van der Waals surface area contributed by atoms with Crippen molar-refractivity contribution in [3.63, 3.8) is 0 Å². The number of hydrogen-bond acceptors (Lipinski definition) is 3. The molecule has 0 rings (SSSR count). The normalized spacial score (nSPS) is 17.1. The van der Waals surface area contributed by atoms with Crippen LogP contribution in [0.2, 0.25) is 0 Å². The lowest BCUT2D eigenvalue weighted by Gasteiger charge is -2.31. The molecule has 4 N–H and O–H groups in total. The van der Waals surface area contributed by atoms with Gasteiger partial charge in [-0.05, 0) is 12.8 Å². The molecule has 5 nitrogen and oxygen atoms in total. The highest BCUT2D eigenvalue weighted by atomic mass is 19.4. The Labute approximate surface area is 103 Å². The molecule has 0 fully saturated rings. The first kappa shape index (κ1) is 16.7. The molecule has 0 aromatic heterocycles. The lowest BCUT2D eigenvalue weighted by molar-refractivity contribution is -0.207. The summed E-state index contributed by atoms with van der Waals surface area (Å²) in [5.74, 6) is -4.34. The molecule has 18 heavy (non-hydrogen) atoms. The second-order valence-electron chi connectivity index (χ2n) is 4.50. The number of carbonyl (C=O) groups is 2. The maximum atomic E-state index is 12.7. The highest BCUT2D eigenvalue weighted by molar-refractivity contribution is 5.88. The molecule has 0 heterocycles. The number of nitrogens with one attached hydrogen (secondary N) is 1. The predicted molar refractivity (Wildman–Crippen MR) is 57.6 cm³/mol. The minimum Gasteiger partial charge on any atom is -0.479 e. The van der Waals surface area contributed by atoms with Crippen molar-refractivity contribution in [3.05, 3.63) is 0 Å². The van der Waals surface area contributed by atoms with Gasteiger partial charge in [0.1, 0.15) is 0 Å². The molecule has 0 saturated heterocycles. The molecule has 0 radical (unpaired) electrons.